The molecule has 0 fully saturated rings. The number of rotatable bonds is 3. The van der Waals surface area contributed by atoms with Crippen molar-refractivity contribution in [3.8, 4) is 6.07 Å². The van der Waals surface area contributed by atoms with E-state index < -0.39 is 0 Å². The third-order valence-corrected chi connectivity index (χ3v) is 4.06. The molecule has 0 bridgehead atoms. The highest BCUT2D eigenvalue weighted by atomic mass is 79.9. The van der Waals surface area contributed by atoms with Crippen molar-refractivity contribution in [2.75, 3.05) is 0 Å². The molecule has 1 nitrogen and oxygen atoms in total. The van der Waals surface area contributed by atoms with Crippen molar-refractivity contribution in [1.82, 2.24) is 0 Å². The molecule has 0 unspecified atom stereocenters. The van der Waals surface area contributed by atoms with Crippen LogP contribution in [0.3, 0.4) is 0 Å². The third-order valence-electron chi connectivity index (χ3n) is 2.37. The second-order valence-electron chi connectivity index (χ2n) is 3.67. The average Bonchev–Trinajstić information content (AvgIpc) is 2.41. The monoisotopic (exact) mass is 321 g/mol. The fourth-order valence-electron chi connectivity index (χ4n) is 1.42. The lowest BCUT2D eigenvalue weighted by atomic mass is 10.2. The van der Waals surface area contributed by atoms with Gasteiger partial charge in [0.05, 0.1) is 16.1 Å². The maximum Gasteiger partial charge on any atom is 0.137 e. The third kappa shape index (κ3) is 3.34. The Kier molecular flexibility index (Phi) is 4.40. The Morgan fingerprint density at radius 1 is 1.17 bits per heavy atom. The number of thioether (sulfide) groups is 1. The number of nitriles is 1. The first-order valence-corrected chi connectivity index (χ1v) is 7.04. The Hall–Kier alpha value is -1.31. The maximum atomic E-state index is 13.1. The van der Waals surface area contributed by atoms with Gasteiger partial charge in [0.25, 0.3) is 0 Å². The zero-order valence-corrected chi connectivity index (χ0v) is 11.8. The Morgan fingerprint density at radius 2 is 1.89 bits per heavy atom. The molecule has 2 rings (SSSR count). The van der Waals surface area contributed by atoms with E-state index in [1.165, 1.54) is 6.07 Å². The number of nitrogens with zero attached hydrogens (tertiary/aromatic N) is 1. The van der Waals surface area contributed by atoms with Gasteiger partial charge in [-0.1, -0.05) is 6.07 Å². The van der Waals surface area contributed by atoms with Crippen LogP contribution in [0.2, 0.25) is 0 Å². The van der Waals surface area contributed by atoms with E-state index in [2.05, 4.69) is 22.0 Å². The lowest BCUT2D eigenvalue weighted by molar-refractivity contribution is 0.620. The van der Waals surface area contributed by atoms with Crippen molar-refractivity contribution >= 4 is 27.7 Å². The highest BCUT2D eigenvalue weighted by molar-refractivity contribution is 9.10. The predicted octanol–water partition coefficient (Wildman–Crippen LogP) is 4.75. The topological polar surface area (TPSA) is 23.8 Å². The lowest BCUT2D eigenvalue weighted by Crippen LogP contribution is -1.84. The molecule has 90 valence electrons. The van der Waals surface area contributed by atoms with E-state index >= 15 is 0 Å². The van der Waals surface area contributed by atoms with Gasteiger partial charge in [0.1, 0.15) is 5.82 Å². The van der Waals surface area contributed by atoms with Gasteiger partial charge in [0, 0.05) is 10.6 Å². The molecule has 2 aromatic carbocycles. The average molecular weight is 322 g/mol. The van der Waals surface area contributed by atoms with Crippen molar-refractivity contribution in [2.24, 2.45) is 0 Å². The van der Waals surface area contributed by atoms with Crippen LogP contribution in [0.5, 0.6) is 0 Å². The van der Waals surface area contributed by atoms with Gasteiger partial charge in [-0.25, -0.2) is 4.39 Å². The number of benzene rings is 2. The van der Waals surface area contributed by atoms with E-state index in [1.54, 1.807) is 36.0 Å². The van der Waals surface area contributed by atoms with Gasteiger partial charge in [-0.2, -0.15) is 5.26 Å². The molecule has 18 heavy (non-hydrogen) atoms. The molecule has 0 atom stereocenters. The molecule has 0 aliphatic carbocycles. The van der Waals surface area contributed by atoms with E-state index in [9.17, 15) is 4.39 Å². The Balaban J connectivity index is 2.02. The molecule has 4 heteroatoms. The van der Waals surface area contributed by atoms with Crippen molar-refractivity contribution in [3.05, 3.63) is 63.9 Å². The van der Waals surface area contributed by atoms with Crippen molar-refractivity contribution in [2.45, 2.75) is 10.6 Å². The minimum absolute atomic E-state index is 0.248. The summed E-state index contributed by atoms with van der Waals surface area (Å²) in [4.78, 5) is 1.09. The van der Waals surface area contributed by atoms with E-state index in [0.717, 1.165) is 16.2 Å². The normalized spacial score (nSPS) is 10.1. The Bertz CT molecular complexity index is 590. The van der Waals surface area contributed by atoms with Gasteiger partial charge in [-0.15, -0.1) is 11.8 Å². The van der Waals surface area contributed by atoms with E-state index in [0.29, 0.717) is 10.0 Å². The van der Waals surface area contributed by atoms with Crippen LogP contribution in [0.1, 0.15) is 11.1 Å². The van der Waals surface area contributed by atoms with Gasteiger partial charge in [0.15, 0.2) is 0 Å². The van der Waals surface area contributed by atoms with Crippen LogP contribution in [-0.4, -0.2) is 0 Å². The summed E-state index contributed by atoms with van der Waals surface area (Å²) in [5, 5.41) is 8.70. The molecule has 0 aromatic heterocycles. The Morgan fingerprint density at radius 3 is 2.50 bits per heavy atom. The molecule has 0 spiro atoms. The van der Waals surface area contributed by atoms with Crippen LogP contribution in [0.25, 0.3) is 0 Å². The smallest absolute Gasteiger partial charge is 0.137 e. The number of hydrogen-bond donors (Lipinski definition) is 0. The molecule has 0 amide bonds. The molecular weight excluding hydrogens is 313 g/mol. The summed E-state index contributed by atoms with van der Waals surface area (Å²) in [6.45, 7) is 0. The molecule has 0 saturated carbocycles. The zero-order chi connectivity index (χ0) is 13.0. The largest absolute Gasteiger partial charge is 0.206 e. The molecule has 0 N–H and O–H groups in total. The maximum absolute atomic E-state index is 13.1. The van der Waals surface area contributed by atoms with Crippen LogP contribution < -0.4 is 0 Å². The molecular formula is C14H9BrFNS. The van der Waals surface area contributed by atoms with Crippen LogP contribution >= 0.6 is 27.7 Å². The van der Waals surface area contributed by atoms with Gasteiger partial charge >= 0.3 is 0 Å². The molecule has 2 aromatic rings. The minimum atomic E-state index is -0.248. The van der Waals surface area contributed by atoms with Gasteiger partial charge in [-0.3, -0.25) is 0 Å². The predicted molar refractivity (Wildman–Crippen MR) is 74.8 cm³/mol. The second kappa shape index (κ2) is 6.03. The lowest BCUT2D eigenvalue weighted by Gasteiger charge is -2.03. The molecule has 0 radical (unpaired) electrons. The van der Waals surface area contributed by atoms with Gasteiger partial charge in [0.2, 0.25) is 0 Å². The van der Waals surface area contributed by atoms with E-state index in [4.69, 9.17) is 5.26 Å². The molecule has 0 saturated heterocycles. The van der Waals surface area contributed by atoms with Crippen molar-refractivity contribution < 1.29 is 4.39 Å². The zero-order valence-electron chi connectivity index (χ0n) is 9.36. The minimum Gasteiger partial charge on any atom is -0.206 e. The van der Waals surface area contributed by atoms with Crippen molar-refractivity contribution in [3.63, 3.8) is 0 Å². The summed E-state index contributed by atoms with van der Waals surface area (Å²) < 4.78 is 13.5. The van der Waals surface area contributed by atoms with Crippen LogP contribution in [-0.2, 0) is 5.75 Å². The SMILES string of the molecule is N#Cc1ccc(SCc2ccc(F)c(Br)c2)cc1. The standard InChI is InChI=1S/C14H9BrFNS/c15-13-7-11(3-6-14(13)16)9-18-12-4-1-10(8-17)2-5-12/h1-7H,9H2. The summed E-state index contributed by atoms with van der Waals surface area (Å²) in [7, 11) is 0. The first kappa shape index (κ1) is 13.1. The number of halogens is 2. The summed E-state index contributed by atoms with van der Waals surface area (Å²) in [6, 6.07) is 14.5. The van der Waals surface area contributed by atoms with Crippen molar-refractivity contribution in [1.29, 1.82) is 5.26 Å². The van der Waals surface area contributed by atoms with Gasteiger partial charge < -0.3 is 0 Å². The quantitative estimate of drug-likeness (QED) is 0.761. The first-order valence-electron chi connectivity index (χ1n) is 5.26. The fourth-order valence-corrected chi connectivity index (χ4v) is 2.69. The molecule has 0 heterocycles. The molecule has 0 aliphatic heterocycles. The highest BCUT2D eigenvalue weighted by Crippen LogP contribution is 2.25. The van der Waals surface area contributed by atoms with Crippen LogP contribution in [0.4, 0.5) is 4.39 Å². The second-order valence-corrected chi connectivity index (χ2v) is 5.58. The number of hydrogen-bond acceptors (Lipinski definition) is 2. The summed E-state index contributed by atoms with van der Waals surface area (Å²) >= 11 is 4.83. The summed E-state index contributed by atoms with van der Waals surface area (Å²) in [5.74, 6) is 0.521. The summed E-state index contributed by atoms with van der Waals surface area (Å²) in [6.07, 6.45) is 0. The molecule has 0 aliphatic rings. The van der Waals surface area contributed by atoms with Crippen LogP contribution in [0.15, 0.2) is 51.8 Å². The first-order chi connectivity index (χ1) is 8.69. The summed E-state index contributed by atoms with van der Waals surface area (Å²) in [5.41, 5.74) is 1.71. The van der Waals surface area contributed by atoms with E-state index in [1.807, 2.05) is 12.1 Å². The van der Waals surface area contributed by atoms with Gasteiger partial charge in [-0.05, 0) is 57.9 Å². The van der Waals surface area contributed by atoms with E-state index in [-0.39, 0.29) is 5.82 Å². The fraction of sp³-hybridized carbons (Fsp3) is 0.0714. The highest BCUT2D eigenvalue weighted by Gasteiger charge is 2.01. The van der Waals surface area contributed by atoms with Crippen LogP contribution in [0, 0.1) is 17.1 Å². The Labute approximate surface area is 118 Å².